The standard InChI is InChI=1S/C26H26FN5O5/c27-16-10-28-17-2-4-20(34)32-13-26(35,21(16)22(17)32)12-25-7-5-24(6-8-25,14-37-25)29-9-15-1-3-18-23(30-15)31-19(33)11-36-18/h1-4,10,29,35H,5-9,11-14H2,(H,30,31,33). The lowest BCUT2D eigenvalue weighted by Gasteiger charge is -2.55. The Balaban J connectivity index is 1.07. The fourth-order valence-electron chi connectivity index (χ4n) is 6.46. The zero-order valence-electron chi connectivity index (χ0n) is 20.1. The van der Waals surface area contributed by atoms with Gasteiger partial charge in [0.15, 0.2) is 18.2 Å². The van der Waals surface area contributed by atoms with E-state index < -0.39 is 17.0 Å². The number of carbonyl (C=O) groups excluding carboxylic acids is 1. The van der Waals surface area contributed by atoms with E-state index in [0.29, 0.717) is 48.6 Å². The highest BCUT2D eigenvalue weighted by Gasteiger charge is 2.55. The summed E-state index contributed by atoms with van der Waals surface area (Å²) in [6.45, 7) is 0.932. The number of aromatic nitrogens is 3. The molecule has 2 saturated heterocycles. The number of aliphatic hydroxyl groups is 1. The van der Waals surface area contributed by atoms with Gasteiger partial charge in [-0.1, -0.05) is 0 Å². The van der Waals surface area contributed by atoms with E-state index >= 15 is 0 Å². The number of ether oxygens (including phenoxy) is 2. The van der Waals surface area contributed by atoms with Gasteiger partial charge in [0.2, 0.25) is 0 Å². The summed E-state index contributed by atoms with van der Waals surface area (Å²) in [6, 6.07) is 6.64. The molecule has 1 aliphatic carbocycles. The Hall–Kier alpha value is -3.41. The van der Waals surface area contributed by atoms with Crippen LogP contribution in [0.1, 0.15) is 43.4 Å². The van der Waals surface area contributed by atoms with Crippen LogP contribution in [0.25, 0.3) is 11.0 Å². The first-order valence-electron chi connectivity index (χ1n) is 12.5. The van der Waals surface area contributed by atoms with Crippen molar-refractivity contribution in [3.8, 4) is 5.75 Å². The number of fused-ring (bicyclic) bond motifs is 4. The Kier molecular flexibility index (Phi) is 4.80. The Bertz CT molecular complexity index is 1500. The number of carbonyl (C=O) groups is 1. The highest BCUT2D eigenvalue weighted by atomic mass is 19.1. The van der Waals surface area contributed by atoms with Crippen molar-refractivity contribution in [2.75, 3.05) is 18.5 Å². The van der Waals surface area contributed by atoms with Crippen molar-refractivity contribution in [2.45, 2.75) is 61.9 Å². The van der Waals surface area contributed by atoms with Gasteiger partial charge in [0.05, 0.1) is 41.7 Å². The molecule has 1 saturated carbocycles. The maximum Gasteiger partial charge on any atom is 0.263 e. The Morgan fingerprint density at radius 3 is 2.78 bits per heavy atom. The molecule has 10 nitrogen and oxygen atoms in total. The number of amides is 1. The molecule has 2 bridgehead atoms. The van der Waals surface area contributed by atoms with Crippen molar-refractivity contribution in [1.29, 1.82) is 0 Å². The molecular formula is C26H26FN5O5. The Morgan fingerprint density at radius 2 is 2.00 bits per heavy atom. The third kappa shape index (κ3) is 3.56. The molecule has 0 radical (unpaired) electrons. The summed E-state index contributed by atoms with van der Waals surface area (Å²) >= 11 is 0. The molecule has 3 N–H and O–H groups in total. The van der Waals surface area contributed by atoms with Crippen molar-refractivity contribution in [1.82, 2.24) is 19.9 Å². The fraction of sp³-hybridized carbons (Fsp3) is 0.462. The molecule has 3 fully saturated rings. The molecular weight excluding hydrogens is 481 g/mol. The van der Waals surface area contributed by atoms with Gasteiger partial charge in [-0.15, -0.1) is 0 Å². The summed E-state index contributed by atoms with van der Waals surface area (Å²) in [7, 11) is 0. The van der Waals surface area contributed by atoms with Crippen LogP contribution < -0.4 is 20.9 Å². The third-order valence-electron chi connectivity index (χ3n) is 8.40. The number of hydrogen-bond donors (Lipinski definition) is 3. The largest absolute Gasteiger partial charge is 0.480 e. The molecule has 192 valence electrons. The van der Waals surface area contributed by atoms with Crippen LogP contribution in [0.4, 0.5) is 10.2 Å². The average molecular weight is 508 g/mol. The van der Waals surface area contributed by atoms with Crippen molar-refractivity contribution < 1.29 is 23.8 Å². The van der Waals surface area contributed by atoms with Crippen LogP contribution in [0.5, 0.6) is 5.75 Å². The molecule has 1 amide bonds. The summed E-state index contributed by atoms with van der Waals surface area (Å²) in [5.74, 6) is 0.155. The average Bonchev–Trinajstić information content (AvgIpc) is 3.21. The number of nitrogens with zero attached hydrogens (tertiary/aromatic N) is 3. The minimum absolute atomic E-state index is 0.00882. The second-order valence-corrected chi connectivity index (χ2v) is 10.8. The van der Waals surface area contributed by atoms with E-state index in [1.165, 1.54) is 10.6 Å². The number of halogens is 1. The number of anilines is 1. The predicted octanol–water partition coefficient (Wildman–Crippen LogP) is 1.72. The molecule has 4 aliphatic heterocycles. The van der Waals surface area contributed by atoms with Crippen LogP contribution in [-0.2, 0) is 28.2 Å². The van der Waals surface area contributed by atoms with E-state index in [1.54, 1.807) is 12.1 Å². The van der Waals surface area contributed by atoms with Crippen molar-refractivity contribution in [3.63, 3.8) is 0 Å². The molecule has 37 heavy (non-hydrogen) atoms. The number of pyridine rings is 3. The molecule has 5 aliphatic rings. The molecule has 0 spiro atoms. The lowest BCUT2D eigenvalue weighted by Crippen LogP contribution is -2.62. The minimum Gasteiger partial charge on any atom is -0.480 e. The van der Waals surface area contributed by atoms with Gasteiger partial charge in [0.1, 0.15) is 11.4 Å². The summed E-state index contributed by atoms with van der Waals surface area (Å²) < 4.78 is 28.2. The summed E-state index contributed by atoms with van der Waals surface area (Å²) in [5.41, 5.74) is -0.887. The van der Waals surface area contributed by atoms with Gasteiger partial charge in [0, 0.05) is 30.1 Å². The van der Waals surface area contributed by atoms with Gasteiger partial charge >= 0.3 is 0 Å². The van der Waals surface area contributed by atoms with Crippen LogP contribution in [0.2, 0.25) is 0 Å². The van der Waals surface area contributed by atoms with E-state index in [9.17, 15) is 19.1 Å². The quantitative estimate of drug-likeness (QED) is 0.477. The fourth-order valence-corrected chi connectivity index (χ4v) is 6.46. The molecule has 11 heteroatoms. The zero-order chi connectivity index (χ0) is 25.4. The van der Waals surface area contributed by atoms with E-state index in [1.807, 2.05) is 6.07 Å². The Labute approximate surface area is 210 Å². The lowest BCUT2D eigenvalue weighted by molar-refractivity contribution is -0.192. The number of rotatable bonds is 5. The zero-order valence-corrected chi connectivity index (χ0v) is 20.1. The normalized spacial score (nSPS) is 29.7. The maximum absolute atomic E-state index is 15.0. The molecule has 0 aromatic carbocycles. The van der Waals surface area contributed by atoms with Gasteiger partial charge in [-0.3, -0.25) is 14.6 Å². The van der Waals surface area contributed by atoms with Crippen molar-refractivity contribution in [3.05, 3.63) is 57.9 Å². The Morgan fingerprint density at radius 1 is 1.16 bits per heavy atom. The summed E-state index contributed by atoms with van der Waals surface area (Å²) in [6.07, 6.45) is 4.38. The molecule has 8 rings (SSSR count). The third-order valence-corrected chi connectivity index (χ3v) is 8.40. The smallest absolute Gasteiger partial charge is 0.263 e. The van der Waals surface area contributed by atoms with E-state index in [-0.39, 0.29) is 42.1 Å². The van der Waals surface area contributed by atoms with E-state index in [4.69, 9.17) is 9.47 Å². The van der Waals surface area contributed by atoms with Crippen molar-refractivity contribution >= 4 is 22.8 Å². The molecule has 7 heterocycles. The minimum atomic E-state index is -1.55. The first-order chi connectivity index (χ1) is 17.8. The van der Waals surface area contributed by atoms with E-state index in [2.05, 4.69) is 20.6 Å². The van der Waals surface area contributed by atoms with Gasteiger partial charge in [0.25, 0.3) is 11.5 Å². The summed E-state index contributed by atoms with van der Waals surface area (Å²) in [4.78, 5) is 32.7. The number of nitrogens with one attached hydrogen (secondary N) is 2. The first-order valence-corrected chi connectivity index (χ1v) is 12.5. The lowest BCUT2D eigenvalue weighted by atomic mass is 9.67. The predicted molar refractivity (Wildman–Crippen MR) is 130 cm³/mol. The van der Waals surface area contributed by atoms with Gasteiger partial charge in [-0.25, -0.2) is 9.37 Å². The van der Waals surface area contributed by atoms with E-state index in [0.717, 1.165) is 24.7 Å². The topological polar surface area (TPSA) is 128 Å². The number of hydrogen-bond acceptors (Lipinski definition) is 8. The maximum atomic E-state index is 15.0. The van der Waals surface area contributed by atoms with Crippen LogP contribution in [0.3, 0.4) is 0 Å². The second-order valence-electron chi connectivity index (χ2n) is 10.8. The van der Waals surface area contributed by atoms with Crippen LogP contribution >= 0.6 is 0 Å². The SMILES string of the molecule is O=C1COc2ccc(CNC34CCC(CC5(O)Cn6c(=O)ccc7ncc(F)c5c76)(CC3)OC4)nc2N1. The summed E-state index contributed by atoms with van der Waals surface area (Å²) in [5, 5.41) is 18.1. The van der Waals surface area contributed by atoms with Crippen LogP contribution in [0.15, 0.2) is 35.3 Å². The van der Waals surface area contributed by atoms with Gasteiger partial charge in [-0.05, 0) is 43.9 Å². The molecule has 3 aromatic rings. The first kappa shape index (κ1) is 22.8. The van der Waals surface area contributed by atoms with Crippen LogP contribution in [0, 0.1) is 5.82 Å². The van der Waals surface area contributed by atoms with Crippen molar-refractivity contribution in [2.24, 2.45) is 0 Å². The highest BCUT2D eigenvalue weighted by Crippen LogP contribution is 2.51. The van der Waals surface area contributed by atoms with Crippen LogP contribution in [-0.4, -0.2) is 49.9 Å². The highest BCUT2D eigenvalue weighted by molar-refractivity contribution is 5.94. The molecule has 1 atom stereocenters. The monoisotopic (exact) mass is 507 g/mol. The molecule has 3 aromatic heterocycles. The second kappa shape index (κ2) is 7.80. The van der Waals surface area contributed by atoms with Gasteiger partial charge in [-0.2, -0.15) is 0 Å². The molecule has 1 unspecified atom stereocenters. The van der Waals surface area contributed by atoms with Gasteiger partial charge < -0.3 is 29.8 Å².